The molecule has 0 amide bonds. The van der Waals surface area contributed by atoms with Crippen LogP contribution < -0.4 is 4.72 Å². The number of aryl methyl sites for hydroxylation is 1. The minimum absolute atomic E-state index is 0.121. The van der Waals surface area contributed by atoms with Crippen molar-refractivity contribution >= 4 is 38.0 Å². The Hall–Kier alpha value is -2.46. The Balaban J connectivity index is 2.05. The summed E-state index contributed by atoms with van der Waals surface area (Å²) in [4.78, 5) is 23.6. The summed E-state index contributed by atoms with van der Waals surface area (Å²) in [5, 5.41) is 11.2. The first-order chi connectivity index (χ1) is 13.2. The van der Waals surface area contributed by atoms with E-state index in [1.165, 1.54) is 29.5 Å². The Morgan fingerprint density at radius 3 is 2.86 bits per heavy atom. The van der Waals surface area contributed by atoms with Gasteiger partial charge in [-0.3, -0.25) is 14.8 Å². The lowest BCUT2D eigenvalue weighted by atomic mass is 9.86. The van der Waals surface area contributed by atoms with Gasteiger partial charge >= 0.3 is 5.97 Å². The molecule has 1 heterocycles. The summed E-state index contributed by atoms with van der Waals surface area (Å²) in [7, 11) is -4.11. The summed E-state index contributed by atoms with van der Waals surface area (Å²) in [5.74, 6) is -0.444. The van der Waals surface area contributed by atoms with Gasteiger partial charge in [0.05, 0.1) is 22.0 Å². The molecule has 1 aromatic carbocycles. The fourth-order valence-corrected chi connectivity index (χ4v) is 6.03. The van der Waals surface area contributed by atoms with Crippen molar-refractivity contribution in [3.8, 4) is 0 Å². The van der Waals surface area contributed by atoms with Crippen LogP contribution >= 0.6 is 11.3 Å². The van der Waals surface area contributed by atoms with Crippen LogP contribution in [0.25, 0.3) is 0 Å². The molecule has 0 radical (unpaired) electrons. The zero-order valence-corrected chi connectivity index (χ0v) is 17.1. The number of sulfonamides is 1. The summed E-state index contributed by atoms with van der Waals surface area (Å²) in [6.07, 6.45) is 2.65. The number of benzene rings is 1. The number of esters is 1. The number of thiophene rings is 1. The molecule has 1 aliphatic rings. The summed E-state index contributed by atoms with van der Waals surface area (Å²) in [6, 6.07) is 4.78. The van der Waals surface area contributed by atoms with Gasteiger partial charge in [-0.15, -0.1) is 11.3 Å². The SMILES string of the molecule is CCOC(=O)c1c(NS(=O)(=O)c2cccc([N+](=O)[O-])c2)sc2c1C(C)CCC2. The Morgan fingerprint density at radius 2 is 2.18 bits per heavy atom. The third-order valence-corrected chi connectivity index (χ3v) is 7.26. The molecule has 0 saturated carbocycles. The molecule has 2 aromatic rings. The minimum atomic E-state index is -4.11. The van der Waals surface area contributed by atoms with Crippen molar-refractivity contribution in [1.29, 1.82) is 0 Å². The molecule has 1 atom stereocenters. The number of hydrogen-bond acceptors (Lipinski definition) is 7. The van der Waals surface area contributed by atoms with Crippen molar-refractivity contribution in [3.63, 3.8) is 0 Å². The molecule has 1 aliphatic carbocycles. The molecule has 0 bridgehead atoms. The molecular formula is C18H20N2O6S2. The first kappa shape index (κ1) is 20.3. The molecule has 0 aliphatic heterocycles. The fraction of sp³-hybridized carbons (Fsp3) is 0.389. The van der Waals surface area contributed by atoms with Crippen molar-refractivity contribution in [1.82, 2.24) is 0 Å². The second-order valence-corrected chi connectivity index (χ2v) is 9.30. The third kappa shape index (κ3) is 3.88. The van der Waals surface area contributed by atoms with Crippen molar-refractivity contribution in [2.75, 3.05) is 11.3 Å². The van der Waals surface area contributed by atoms with E-state index in [1.807, 2.05) is 6.92 Å². The topological polar surface area (TPSA) is 116 Å². The number of ether oxygens (including phenoxy) is 1. The molecule has 1 aromatic heterocycles. The quantitative estimate of drug-likeness (QED) is 0.424. The smallest absolute Gasteiger partial charge is 0.341 e. The molecular weight excluding hydrogens is 404 g/mol. The number of fused-ring (bicyclic) bond motifs is 1. The van der Waals surface area contributed by atoms with Gasteiger partial charge in [0.15, 0.2) is 0 Å². The van der Waals surface area contributed by atoms with Crippen LogP contribution in [0.3, 0.4) is 0 Å². The van der Waals surface area contributed by atoms with Crippen molar-refractivity contribution in [3.05, 3.63) is 50.4 Å². The van der Waals surface area contributed by atoms with Crippen LogP contribution in [0.1, 0.15) is 53.4 Å². The van der Waals surface area contributed by atoms with Gasteiger partial charge < -0.3 is 4.74 Å². The highest BCUT2D eigenvalue weighted by atomic mass is 32.2. The van der Waals surface area contributed by atoms with Gasteiger partial charge in [0, 0.05) is 17.0 Å². The average Bonchev–Trinajstić information content (AvgIpc) is 3.00. The first-order valence-corrected chi connectivity index (χ1v) is 11.1. The van der Waals surface area contributed by atoms with E-state index in [-0.39, 0.29) is 33.7 Å². The van der Waals surface area contributed by atoms with E-state index in [2.05, 4.69) is 4.72 Å². The van der Waals surface area contributed by atoms with Gasteiger partial charge in [-0.05, 0) is 43.7 Å². The maximum absolute atomic E-state index is 12.8. The average molecular weight is 425 g/mol. The molecule has 0 spiro atoms. The molecule has 150 valence electrons. The Labute approximate surface area is 166 Å². The van der Waals surface area contributed by atoms with Crippen molar-refractivity contribution in [2.45, 2.75) is 43.9 Å². The number of nitro groups is 1. The summed E-state index contributed by atoms with van der Waals surface area (Å²) in [5.41, 5.74) is 0.766. The summed E-state index contributed by atoms with van der Waals surface area (Å²) < 4.78 is 33.3. The Morgan fingerprint density at radius 1 is 1.43 bits per heavy atom. The zero-order valence-electron chi connectivity index (χ0n) is 15.4. The van der Waals surface area contributed by atoms with E-state index in [1.54, 1.807) is 6.92 Å². The molecule has 28 heavy (non-hydrogen) atoms. The number of carbonyl (C=O) groups is 1. The van der Waals surface area contributed by atoms with Crippen LogP contribution in [-0.2, 0) is 21.2 Å². The van der Waals surface area contributed by atoms with Crippen molar-refractivity contribution in [2.24, 2.45) is 0 Å². The lowest BCUT2D eigenvalue weighted by Gasteiger charge is -2.19. The molecule has 10 heteroatoms. The number of rotatable bonds is 6. The molecule has 8 nitrogen and oxygen atoms in total. The maximum atomic E-state index is 12.8. The maximum Gasteiger partial charge on any atom is 0.341 e. The van der Waals surface area contributed by atoms with Crippen LogP contribution in [0.2, 0.25) is 0 Å². The predicted octanol–water partition coefficient (Wildman–Crippen LogP) is 4.07. The first-order valence-electron chi connectivity index (χ1n) is 8.84. The Bertz CT molecular complexity index is 1030. The number of carbonyl (C=O) groups excluding carboxylic acids is 1. The summed E-state index contributed by atoms with van der Waals surface area (Å²) >= 11 is 1.23. The minimum Gasteiger partial charge on any atom is -0.462 e. The van der Waals surface area contributed by atoms with E-state index < -0.39 is 20.9 Å². The molecule has 1 unspecified atom stereocenters. The highest BCUT2D eigenvalue weighted by Gasteiger charge is 2.32. The number of nitrogens with zero attached hydrogens (tertiary/aromatic N) is 1. The molecule has 1 N–H and O–H groups in total. The number of hydrogen-bond donors (Lipinski definition) is 1. The number of nitrogens with one attached hydrogen (secondary N) is 1. The standard InChI is InChI=1S/C18H20N2O6S2/c1-3-26-18(21)16-15-11(2)6-4-9-14(15)27-17(16)19-28(24,25)13-8-5-7-12(10-13)20(22)23/h5,7-8,10-11,19H,3-4,6,9H2,1-2H3. The van der Waals surface area contributed by atoms with Gasteiger partial charge in [0.2, 0.25) is 0 Å². The van der Waals surface area contributed by atoms with Gasteiger partial charge in [0.25, 0.3) is 15.7 Å². The van der Waals surface area contributed by atoms with Crippen LogP contribution in [0.4, 0.5) is 10.7 Å². The van der Waals surface area contributed by atoms with Gasteiger partial charge in [0.1, 0.15) is 5.00 Å². The Kier molecular flexibility index (Phi) is 5.71. The third-order valence-electron chi connectivity index (χ3n) is 4.60. The van der Waals surface area contributed by atoms with Gasteiger partial charge in [-0.2, -0.15) is 0 Å². The van der Waals surface area contributed by atoms with E-state index in [4.69, 9.17) is 4.74 Å². The predicted molar refractivity (Wildman–Crippen MR) is 106 cm³/mol. The molecule has 0 fully saturated rings. The van der Waals surface area contributed by atoms with Crippen molar-refractivity contribution < 1.29 is 22.9 Å². The van der Waals surface area contributed by atoms with E-state index in [9.17, 15) is 23.3 Å². The van der Waals surface area contributed by atoms with Crippen LogP contribution in [0, 0.1) is 10.1 Å². The molecule has 0 saturated heterocycles. The molecule has 3 rings (SSSR count). The highest BCUT2D eigenvalue weighted by Crippen LogP contribution is 2.44. The normalized spacial score (nSPS) is 16.3. The number of nitro benzene ring substituents is 1. The van der Waals surface area contributed by atoms with E-state index in [0.29, 0.717) is 0 Å². The summed E-state index contributed by atoms with van der Waals surface area (Å²) in [6.45, 7) is 3.87. The monoisotopic (exact) mass is 424 g/mol. The van der Waals surface area contributed by atoms with Crippen LogP contribution in [0.5, 0.6) is 0 Å². The van der Waals surface area contributed by atoms with Gasteiger partial charge in [-0.1, -0.05) is 13.0 Å². The van der Waals surface area contributed by atoms with Crippen LogP contribution in [0.15, 0.2) is 29.2 Å². The second-order valence-electron chi connectivity index (χ2n) is 6.52. The van der Waals surface area contributed by atoms with Crippen LogP contribution in [-0.4, -0.2) is 25.9 Å². The number of anilines is 1. The number of non-ortho nitro benzene ring substituents is 1. The highest BCUT2D eigenvalue weighted by molar-refractivity contribution is 7.93. The van der Waals surface area contributed by atoms with E-state index in [0.717, 1.165) is 35.8 Å². The van der Waals surface area contributed by atoms with Gasteiger partial charge in [-0.25, -0.2) is 13.2 Å². The zero-order chi connectivity index (χ0) is 20.5. The second kappa shape index (κ2) is 7.88. The largest absolute Gasteiger partial charge is 0.462 e. The fourth-order valence-electron chi connectivity index (χ4n) is 3.33. The van der Waals surface area contributed by atoms with E-state index >= 15 is 0 Å². The lowest BCUT2D eigenvalue weighted by molar-refractivity contribution is -0.385. The lowest BCUT2D eigenvalue weighted by Crippen LogP contribution is -2.17.